The van der Waals surface area contributed by atoms with E-state index in [0.29, 0.717) is 28.2 Å². The Bertz CT molecular complexity index is 720. The summed E-state index contributed by atoms with van der Waals surface area (Å²) >= 11 is 1.14. The molecule has 0 saturated heterocycles. The Morgan fingerprint density at radius 1 is 1.25 bits per heavy atom. The number of rotatable bonds is 6. The van der Waals surface area contributed by atoms with Crippen molar-refractivity contribution in [1.29, 1.82) is 0 Å². The summed E-state index contributed by atoms with van der Waals surface area (Å²) < 4.78 is 4.97. The molecule has 1 amide bonds. The first kappa shape index (κ1) is 18.1. The molecule has 0 spiro atoms. The van der Waals surface area contributed by atoms with Gasteiger partial charge >= 0.3 is 5.97 Å². The number of anilines is 1. The minimum atomic E-state index is -0.405. The molecule has 0 fully saturated rings. The van der Waals surface area contributed by atoms with E-state index in [2.05, 4.69) is 24.1 Å². The van der Waals surface area contributed by atoms with Crippen LogP contribution in [0.1, 0.15) is 53.2 Å². The molecule has 2 aromatic rings. The Balaban J connectivity index is 1.99. The molecule has 128 valence electrons. The van der Waals surface area contributed by atoms with Crippen molar-refractivity contribution < 1.29 is 14.3 Å². The number of aromatic nitrogens is 1. The maximum atomic E-state index is 12.2. The highest BCUT2D eigenvalue weighted by atomic mass is 32.1. The van der Waals surface area contributed by atoms with E-state index in [4.69, 9.17) is 4.74 Å². The quantitative estimate of drug-likeness (QED) is 0.805. The molecular weight excluding hydrogens is 324 g/mol. The third-order valence-electron chi connectivity index (χ3n) is 3.51. The van der Waals surface area contributed by atoms with Gasteiger partial charge in [0.25, 0.3) is 0 Å². The largest absolute Gasteiger partial charge is 0.462 e. The van der Waals surface area contributed by atoms with Crippen LogP contribution in [0.2, 0.25) is 0 Å². The number of nitrogens with one attached hydrogen (secondary N) is 1. The first-order valence-corrected chi connectivity index (χ1v) is 8.75. The van der Waals surface area contributed by atoms with E-state index in [1.54, 1.807) is 13.8 Å². The van der Waals surface area contributed by atoms with E-state index >= 15 is 0 Å². The van der Waals surface area contributed by atoms with Crippen molar-refractivity contribution in [3.8, 4) is 0 Å². The summed E-state index contributed by atoms with van der Waals surface area (Å²) in [5, 5.41) is 3.16. The van der Waals surface area contributed by atoms with Gasteiger partial charge in [-0.3, -0.25) is 4.79 Å². The number of carbonyl (C=O) groups excluding carboxylic acids is 2. The van der Waals surface area contributed by atoms with Crippen molar-refractivity contribution in [2.45, 2.75) is 40.0 Å². The third-order valence-corrected chi connectivity index (χ3v) is 4.57. The van der Waals surface area contributed by atoms with Crippen molar-refractivity contribution in [2.75, 3.05) is 11.9 Å². The van der Waals surface area contributed by atoms with Crippen molar-refractivity contribution in [2.24, 2.45) is 0 Å². The van der Waals surface area contributed by atoms with Gasteiger partial charge in [-0.25, -0.2) is 9.78 Å². The molecule has 0 aliphatic rings. The lowest BCUT2D eigenvalue weighted by Gasteiger charge is -2.06. The molecule has 6 heteroatoms. The number of ether oxygens (including phenoxy) is 1. The van der Waals surface area contributed by atoms with Gasteiger partial charge in [-0.15, -0.1) is 0 Å². The molecule has 0 radical (unpaired) electrons. The molecule has 5 nitrogen and oxygen atoms in total. The van der Waals surface area contributed by atoms with Gasteiger partial charge in [-0.2, -0.15) is 0 Å². The lowest BCUT2D eigenvalue weighted by Crippen LogP contribution is -2.14. The summed E-state index contributed by atoms with van der Waals surface area (Å²) in [6, 6.07) is 8.01. The molecule has 1 aromatic carbocycles. The molecule has 0 aliphatic carbocycles. The number of nitrogens with zero attached hydrogens (tertiary/aromatic N) is 1. The molecule has 24 heavy (non-hydrogen) atoms. The number of amides is 1. The topological polar surface area (TPSA) is 68.3 Å². The van der Waals surface area contributed by atoms with Gasteiger partial charge in [0.15, 0.2) is 5.13 Å². The Labute approximate surface area is 146 Å². The lowest BCUT2D eigenvalue weighted by atomic mass is 10.0. The fraction of sp³-hybridized carbons (Fsp3) is 0.389. The fourth-order valence-corrected chi connectivity index (χ4v) is 3.08. The molecule has 0 bridgehead atoms. The van der Waals surface area contributed by atoms with E-state index in [1.807, 2.05) is 24.3 Å². The van der Waals surface area contributed by atoms with Gasteiger partial charge in [0.1, 0.15) is 4.88 Å². The molecular formula is C18H22N2O3S. The summed E-state index contributed by atoms with van der Waals surface area (Å²) in [5.41, 5.74) is 2.75. The van der Waals surface area contributed by atoms with Gasteiger partial charge in [0.05, 0.1) is 18.7 Å². The first-order valence-electron chi connectivity index (χ1n) is 7.94. The lowest BCUT2D eigenvalue weighted by molar-refractivity contribution is -0.115. The monoisotopic (exact) mass is 346 g/mol. The molecule has 0 unspecified atom stereocenters. The zero-order chi connectivity index (χ0) is 17.7. The number of aryl methyl sites for hydroxylation is 1. The highest BCUT2D eigenvalue weighted by Gasteiger charge is 2.17. The van der Waals surface area contributed by atoms with Crippen LogP contribution in [0.25, 0.3) is 0 Å². The molecule has 1 N–H and O–H groups in total. The second-order valence-corrected chi connectivity index (χ2v) is 6.77. The minimum absolute atomic E-state index is 0.156. The van der Waals surface area contributed by atoms with E-state index in [9.17, 15) is 9.59 Å². The number of esters is 1. The van der Waals surface area contributed by atoms with Gasteiger partial charge in [0, 0.05) is 0 Å². The summed E-state index contributed by atoms with van der Waals surface area (Å²) in [7, 11) is 0. The summed E-state index contributed by atoms with van der Waals surface area (Å²) in [6.45, 7) is 8.05. The average Bonchev–Trinajstić information content (AvgIpc) is 2.88. The third kappa shape index (κ3) is 4.64. The smallest absolute Gasteiger partial charge is 0.350 e. The van der Waals surface area contributed by atoms with Gasteiger partial charge in [-0.1, -0.05) is 49.4 Å². The van der Waals surface area contributed by atoms with E-state index in [1.165, 1.54) is 5.56 Å². The maximum Gasteiger partial charge on any atom is 0.350 e. The molecule has 0 aliphatic heterocycles. The Hall–Kier alpha value is -2.21. The highest BCUT2D eigenvalue weighted by molar-refractivity contribution is 7.17. The normalized spacial score (nSPS) is 10.7. The van der Waals surface area contributed by atoms with E-state index in [-0.39, 0.29) is 12.3 Å². The molecule has 1 heterocycles. The molecule has 1 aromatic heterocycles. The van der Waals surface area contributed by atoms with Crippen LogP contribution >= 0.6 is 11.3 Å². The second kappa shape index (κ2) is 8.06. The Morgan fingerprint density at radius 3 is 2.50 bits per heavy atom. The minimum Gasteiger partial charge on any atom is -0.462 e. The van der Waals surface area contributed by atoms with Gasteiger partial charge < -0.3 is 10.1 Å². The van der Waals surface area contributed by atoms with Crippen LogP contribution < -0.4 is 5.32 Å². The van der Waals surface area contributed by atoms with Crippen LogP contribution in [-0.4, -0.2) is 23.5 Å². The Kier molecular flexibility index (Phi) is 6.09. The zero-order valence-electron chi connectivity index (χ0n) is 14.4. The first-order chi connectivity index (χ1) is 11.4. The molecule has 0 saturated carbocycles. The number of hydrogen-bond acceptors (Lipinski definition) is 5. The van der Waals surface area contributed by atoms with E-state index in [0.717, 1.165) is 16.9 Å². The highest BCUT2D eigenvalue weighted by Crippen LogP contribution is 2.23. The molecule has 0 atom stereocenters. The van der Waals surface area contributed by atoms with Crippen molar-refractivity contribution in [3.63, 3.8) is 0 Å². The van der Waals surface area contributed by atoms with Crippen LogP contribution in [0.3, 0.4) is 0 Å². The van der Waals surface area contributed by atoms with Crippen molar-refractivity contribution in [1.82, 2.24) is 4.98 Å². The Morgan fingerprint density at radius 2 is 1.92 bits per heavy atom. The predicted octanol–water partition coefficient (Wildman–Crippen LogP) is 3.93. The molecule has 2 rings (SSSR count). The average molecular weight is 346 g/mol. The van der Waals surface area contributed by atoms with Crippen LogP contribution in [-0.2, 0) is 16.0 Å². The number of benzene rings is 1. The maximum absolute atomic E-state index is 12.2. The van der Waals surface area contributed by atoms with E-state index < -0.39 is 5.97 Å². The van der Waals surface area contributed by atoms with Crippen molar-refractivity contribution in [3.05, 3.63) is 46.0 Å². The van der Waals surface area contributed by atoms with Gasteiger partial charge in [-0.05, 0) is 30.9 Å². The fourth-order valence-electron chi connectivity index (χ4n) is 2.21. The van der Waals surface area contributed by atoms with Gasteiger partial charge in [0.2, 0.25) is 5.91 Å². The number of thiazole rings is 1. The standard InChI is InChI=1S/C18H22N2O3S/c1-5-23-17(22)16-12(4)19-18(24-16)20-15(21)10-13-6-8-14(9-7-13)11(2)3/h6-9,11H,5,10H2,1-4H3,(H,19,20,21). The number of hydrogen-bond donors (Lipinski definition) is 1. The zero-order valence-corrected chi connectivity index (χ0v) is 15.2. The van der Waals surface area contributed by atoms with Crippen LogP contribution in [0, 0.1) is 6.92 Å². The second-order valence-electron chi connectivity index (χ2n) is 5.78. The number of carbonyl (C=O) groups is 2. The summed E-state index contributed by atoms with van der Waals surface area (Å²) in [4.78, 5) is 28.6. The summed E-state index contributed by atoms with van der Waals surface area (Å²) in [5.74, 6) is -0.0961. The van der Waals surface area contributed by atoms with Crippen LogP contribution in [0.15, 0.2) is 24.3 Å². The summed E-state index contributed by atoms with van der Waals surface area (Å²) in [6.07, 6.45) is 0.270. The van der Waals surface area contributed by atoms with Crippen LogP contribution in [0.5, 0.6) is 0 Å². The van der Waals surface area contributed by atoms with Crippen LogP contribution in [0.4, 0.5) is 5.13 Å². The van der Waals surface area contributed by atoms with Crippen molar-refractivity contribution >= 4 is 28.3 Å². The predicted molar refractivity (Wildman–Crippen MR) is 95.7 cm³/mol. The SMILES string of the molecule is CCOC(=O)c1sc(NC(=O)Cc2ccc(C(C)C)cc2)nc1C.